The molecule has 1 atom stereocenters. The first-order valence-corrected chi connectivity index (χ1v) is 15.7. The van der Waals surface area contributed by atoms with Gasteiger partial charge in [-0.2, -0.15) is 0 Å². The molecular weight excluding hydrogens is 614 g/mol. The van der Waals surface area contributed by atoms with Gasteiger partial charge >= 0.3 is 0 Å². The molecule has 40 heavy (non-hydrogen) atoms. The molecule has 0 aromatic heterocycles. The number of aryl methyl sites for hydroxylation is 1. The van der Waals surface area contributed by atoms with Crippen molar-refractivity contribution < 1.29 is 18.0 Å². The summed E-state index contributed by atoms with van der Waals surface area (Å²) in [4.78, 5) is 28.8. The van der Waals surface area contributed by atoms with Crippen LogP contribution in [-0.4, -0.2) is 44.3 Å². The SMILES string of the molecule is CCC(C(=O)NCC(C)C)N(Cc1ccccc1Cl)C(=O)CN(c1ccc(Br)cc1)S(=O)(=O)c1ccc(C)cc1. The second kappa shape index (κ2) is 14.1. The third-order valence-corrected chi connectivity index (χ3v) is 9.06. The molecule has 0 aliphatic heterocycles. The number of hydrogen-bond acceptors (Lipinski definition) is 4. The number of halogens is 2. The van der Waals surface area contributed by atoms with E-state index in [0.717, 1.165) is 14.3 Å². The van der Waals surface area contributed by atoms with E-state index in [1.54, 1.807) is 60.7 Å². The Hall–Kier alpha value is -2.88. The van der Waals surface area contributed by atoms with Crippen molar-refractivity contribution in [3.8, 4) is 0 Å². The molecular formula is C30H35BrClN3O4S. The number of carbonyl (C=O) groups excluding carboxylic acids is 2. The number of amides is 2. The second-order valence-corrected chi connectivity index (χ2v) is 13.2. The standard InChI is InChI=1S/C30H35BrClN3O4S/c1-5-28(30(37)33-18-21(2)3)34(19-23-8-6-7-9-27(23)32)29(36)20-35(25-14-12-24(31)13-15-25)40(38,39)26-16-10-22(4)11-17-26/h6-17,21,28H,5,18-20H2,1-4H3,(H,33,37). The molecule has 0 heterocycles. The first-order chi connectivity index (χ1) is 18.9. The fourth-order valence-corrected chi connectivity index (χ4v) is 6.00. The van der Waals surface area contributed by atoms with Gasteiger partial charge in [0.15, 0.2) is 0 Å². The molecule has 0 saturated carbocycles. The van der Waals surface area contributed by atoms with Crippen LogP contribution < -0.4 is 9.62 Å². The maximum atomic E-state index is 14.1. The van der Waals surface area contributed by atoms with E-state index in [-0.39, 0.29) is 23.3 Å². The highest BCUT2D eigenvalue weighted by atomic mass is 79.9. The van der Waals surface area contributed by atoms with Gasteiger partial charge in [-0.3, -0.25) is 13.9 Å². The number of anilines is 1. The fourth-order valence-electron chi connectivity index (χ4n) is 4.13. The van der Waals surface area contributed by atoms with E-state index in [1.807, 2.05) is 27.7 Å². The van der Waals surface area contributed by atoms with Crippen LogP contribution in [0.25, 0.3) is 0 Å². The predicted molar refractivity (Wildman–Crippen MR) is 164 cm³/mol. The highest BCUT2D eigenvalue weighted by Crippen LogP contribution is 2.27. The van der Waals surface area contributed by atoms with Crippen molar-refractivity contribution >= 4 is 55.1 Å². The molecule has 0 aliphatic rings. The zero-order valence-electron chi connectivity index (χ0n) is 23.1. The Labute approximate surface area is 250 Å². The highest BCUT2D eigenvalue weighted by Gasteiger charge is 2.34. The van der Waals surface area contributed by atoms with Crippen LogP contribution in [0, 0.1) is 12.8 Å². The lowest BCUT2D eigenvalue weighted by Gasteiger charge is -2.33. The van der Waals surface area contributed by atoms with Crippen molar-refractivity contribution in [2.24, 2.45) is 5.92 Å². The van der Waals surface area contributed by atoms with Gasteiger partial charge in [0.25, 0.3) is 10.0 Å². The normalized spacial score (nSPS) is 12.2. The minimum atomic E-state index is -4.12. The maximum Gasteiger partial charge on any atom is 0.264 e. The molecule has 7 nitrogen and oxygen atoms in total. The molecule has 0 saturated heterocycles. The van der Waals surface area contributed by atoms with Gasteiger partial charge in [-0.05, 0) is 67.3 Å². The van der Waals surface area contributed by atoms with Gasteiger partial charge in [0, 0.05) is 22.6 Å². The molecule has 0 spiro atoms. The topological polar surface area (TPSA) is 86.8 Å². The molecule has 1 unspecified atom stereocenters. The van der Waals surface area contributed by atoms with Gasteiger partial charge < -0.3 is 10.2 Å². The summed E-state index contributed by atoms with van der Waals surface area (Å²) in [5.41, 5.74) is 1.89. The number of sulfonamides is 1. The molecule has 0 fully saturated rings. The largest absolute Gasteiger partial charge is 0.354 e. The molecule has 2 amide bonds. The van der Waals surface area contributed by atoms with Crippen molar-refractivity contribution in [2.45, 2.75) is 51.6 Å². The molecule has 3 aromatic rings. The Balaban J connectivity index is 2.05. The van der Waals surface area contributed by atoms with Gasteiger partial charge in [0.05, 0.1) is 10.6 Å². The second-order valence-electron chi connectivity index (χ2n) is 9.98. The van der Waals surface area contributed by atoms with Crippen molar-refractivity contribution in [2.75, 3.05) is 17.4 Å². The third-order valence-electron chi connectivity index (χ3n) is 6.37. The lowest BCUT2D eigenvalue weighted by atomic mass is 10.1. The Kier molecular flexibility index (Phi) is 11.2. The van der Waals surface area contributed by atoms with Gasteiger partial charge in [-0.1, -0.05) is 84.2 Å². The molecule has 3 aromatic carbocycles. The zero-order chi connectivity index (χ0) is 29.4. The first kappa shape index (κ1) is 31.6. The summed E-state index contributed by atoms with van der Waals surface area (Å²) >= 11 is 9.82. The summed E-state index contributed by atoms with van der Waals surface area (Å²) in [6.07, 6.45) is 0.336. The van der Waals surface area contributed by atoms with Crippen LogP contribution in [-0.2, 0) is 26.2 Å². The Morgan fingerprint density at radius 2 is 1.60 bits per heavy atom. The highest BCUT2D eigenvalue weighted by molar-refractivity contribution is 9.10. The van der Waals surface area contributed by atoms with E-state index >= 15 is 0 Å². The van der Waals surface area contributed by atoms with Crippen LogP contribution in [0.4, 0.5) is 5.69 Å². The minimum Gasteiger partial charge on any atom is -0.354 e. The van der Waals surface area contributed by atoms with Crippen molar-refractivity contribution in [1.82, 2.24) is 10.2 Å². The Morgan fingerprint density at radius 1 is 0.975 bits per heavy atom. The number of nitrogens with zero attached hydrogens (tertiary/aromatic N) is 2. The number of rotatable bonds is 12. The predicted octanol–water partition coefficient (Wildman–Crippen LogP) is 6.19. The van der Waals surface area contributed by atoms with Crippen molar-refractivity contribution in [3.05, 3.63) is 93.4 Å². The number of benzene rings is 3. The van der Waals surface area contributed by atoms with Gasteiger partial charge in [0.2, 0.25) is 11.8 Å². The average molecular weight is 649 g/mol. The minimum absolute atomic E-state index is 0.0465. The molecule has 10 heteroatoms. The smallest absolute Gasteiger partial charge is 0.264 e. The van der Waals surface area contributed by atoms with E-state index in [4.69, 9.17) is 11.6 Å². The summed E-state index contributed by atoms with van der Waals surface area (Å²) in [5, 5.41) is 3.37. The lowest BCUT2D eigenvalue weighted by Crippen LogP contribution is -2.52. The van der Waals surface area contributed by atoms with Gasteiger partial charge in [-0.15, -0.1) is 0 Å². The van der Waals surface area contributed by atoms with Crippen LogP contribution in [0.5, 0.6) is 0 Å². The molecule has 0 bridgehead atoms. The Bertz CT molecular complexity index is 1410. The summed E-state index contributed by atoms with van der Waals surface area (Å²) < 4.78 is 29.6. The van der Waals surface area contributed by atoms with Crippen LogP contribution in [0.1, 0.15) is 38.3 Å². The van der Waals surface area contributed by atoms with Gasteiger partial charge in [-0.25, -0.2) is 8.42 Å². The number of nitrogens with one attached hydrogen (secondary N) is 1. The molecule has 3 rings (SSSR count). The summed E-state index contributed by atoms with van der Waals surface area (Å²) in [7, 11) is -4.12. The Morgan fingerprint density at radius 3 is 2.17 bits per heavy atom. The summed E-state index contributed by atoms with van der Waals surface area (Å²) in [6, 6.07) is 19.4. The third kappa shape index (κ3) is 8.08. The van der Waals surface area contributed by atoms with E-state index in [9.17, 15) is 18.0 Å². The first-order valence-electron chi connectivity index (χ1n) is 13.1. The van der Waals surface area contributed by atoms with Crippen molar-refractivity contribution in [1.29, 1.82) is 0 Å². The summed E-state index contributed by atoms with van der Waals surface area (Å²) in [6.45, 7) is 7.66. The van der Waals surface area contributed by atoms with E-state index in [2.05, 4.69) is 21.2 Å². The molecule has 214 valence electrons. The zero-order valence-corrected chi connectivity index (χ0v) is 26.3. The monoisotopic (exact) mass is 647 g/mol. The van der Waals surface area contributed by atoms with E-state index in [0.29, 0.717) is 29.2 Å². The van der Waals surface area contributed by atoms with Gasteiger partial charge in [0.1, 0.15) is 12.6 Å². The summed E-state index contributed by atoms with van der Waals surface area (Å²) in [5.74, 6) is -0.597. The quantitative estimate of drug-likeness (QED) is 0.254. The number of carbonyl (C=O) groups is 2. The average Bonchev–Trinajstić information content (AvgIpc) is 2.92. The maximum absolute atomic E-state index is 14.1. The molecule has 0 radical (unpaired) electrons. The van der Waals surface area contributed by atoms with Crippen LogP contribution in [0.15, 0.2) is 82.2 Å². The van der Waals surface area contributed by atoms with Crippen LogP contribution in [0.3, 0.4) is 0 Å². The van der Waals surface area contributed by atoms with Crippen LogP contribution >= 0.6 is 27.5 Å². The van der Waals surface area contributed by atoms with E-state index in [1.165, 1.54) is 17.0 Å². The molecule has 1 N–H and O–H groups in total. The fraction of sp³-hybridized carbons (Fsp3) is 0.333. The molecule has 0 aliphatic carbocycles. The van der Waals surface area contributed by atoms with E-state index < -0.39 is 28.5 Å². The van der Waals surface area contributed by atoms with Crippen molar-refractivity contribution in [3.63, 3.8) is 0 Å². The lowest BCUT2D eigenvalue weighted by molar-refractivity contribution is -0.140. The van der Waals surface area contributed by atoms with Crippen LogP contribution in [0.2, 0.25) is 5.02 Å². The number of hydrogen-bond donors (Lipinski definition) is 1.